The average Bonchev–Trinajstić information content (AvgIpc) is 3.22. The van der Waals surface area contributed by atoms with Gasteiger partial charge in [-0.25, -0.2) is 10.2 Å². The maximum Gasteiger partial charge on any atom is 0.413 e. The third-order valence-electron chi connectivity index (χ3n) is 4.85. The molecule has 5 atom stereocenters. The Bertz CT molecular complexity index is 534. The molecular weight excluding hydrogens is 346 g/mol. The van der Waals surface area contributed by atoms with Gasteiger partial charge in [0.2, 0.25) is 11.8 Å². The summed E-state index contributed by atoms with van der Waals surface area (Å²) in [6, 6.07) is 0. The number of rotatable bonds is 4. The topological polar surface area (TPSA) is 121 Å². The predicted octanol–water partition coefficient (Wildman–Crippen LogP) is -0.886. The van der Waals surface area contributed by atoms with Gasteiger partial charge >= 0.3 is 6.09 Å². The summed E-state index contributed by atoms with van der Waals surface area (Å²) in [5, 5.41) is 8.26. The first-order chi connectivity index (χ1) is 12.1. The fraction of sp³-hybridized carbons (Fsp3) is 0.800. The van der Waals surface area contributed by atoms with Crippen molar-refractivity contribution in [1.82, 2.24) is 26.8 Å². The van der Waals surface area contributed by atoms with Crippen molar-refractivity contribution in [2.24, 2.45) is 17.8 Å². The Kier molecular flexibility index (Phi) is 6.15. The van der Waals surface area contributed by atoms with Crippen molar-refractivity contribution < 1.29 is 19.1 Å². The predicted molar refractivity (Wildman–Crippen MR) is 92.2 cm³/mol. The van der Waals surface area contributed by atoms with Crippen molar-refractivity contribution in [2.75, 3.05) is 25.4 Å². The molecule has 5 unspecified atom stereocenters. The molecule has 25 heavy (non-hydrogen) atoms. The van der Waals surface area contributed by atoms with E-state index < -0.39 is 12.0 Å². The second-order valence-electron chi connectivity index (χ2n) is 6.51. The number of piperidine rings is 1. The van der Waals surface area contributed by atoms with Gasteiger partial charge in [0.15, 0.2) is 0 Å². The van der Waals surface area contributed by atoms with E-state index in [9.17, 15) is 14.4 Å². The Labute approximate surface area is 150 Å². The van der Waals surface area contributed by atoms with Crippen LogP contribution in [0, 0.1) is 17.8 Å². The number of fused-ring (bicyclic) bond motifs is 1. The van der Waals surface area contributed by atoms with E-state index in [-0.39, 0.29) is 35.9 Å². The van der Waals surface area contributed by atoms with Crippen LogP contribution in [0.4, 0.5) is 4.79 Å². The number of amides is 3. The first-order valence-corrected chi connectivity index (χ1v) is 9.74. The summed E-state index contributed by atoms with van der Waals surface area (Å²) in [5.41, 5.74) is 6.25. The highest BCUT2D eigenvalue weighted by Gasteiger charge is 2.40. The summed E-state index contributed by atoms with van der Waals surface area (Å²) in [7, 11) is 0. The van der Waals surface area contributed by atoms with E-state index in [1.54, 1.807) is 18.7 Å². The molecular formula is C15H25N5O4S. The fourth-order valence-corrected chi connectivity index (χ4v) is 4.84. The summed E-state index contributed by atoms with van der Waals surface area (Å²) in [4.78, 5) is 36.3. The van der Waals surface area contributed by atoms with Crippen molar-refractivity contribution in [1.29, 1.82) is 0 Å². The minimum atomic E-state index is -0.738. The van der Waals surface area contributed by atoms with E-state index >= 15 is 0 Å². The van der Waals surface area contributed by atoms with Crippen molar-refractivity contribution in [3.63, 3.8) is 0 Å². The van der Waals surface area contributed by atoms with E-state index in [1.165, 1.54) is 0 Å². The average molecular weight is 371 g/mol. The molecule has 3 heterocycles. The van der Waals surface area contributed by atoms with Crippen LogP contribution in [-0.4, -0.2) is 54.9 Å². The molecule has 5 N–H and O–H groups in total. The molecule has 3 rings (SSSR count). The molecule has 9 nitrogen and oxygen atoms in total. The van der Waals surface area contributed by atoms with Gasteiger partial charge in [-0.15, -0.1) is 11.8 Å². The van der Waals surface area contributed by atoms with Gasteiger partial charge < -0.3 is 10.1 Å². The molecule has 0 aromatic carbocycles. The minimum Gasteiger partial charge on any atom is -0.450 e. The summed E-state index contributed by atoms with van der Waals surface area (Å²) in [6.07, 6.45) is 0.911. The van der Waals surface area contributed by atoms with E-state index in [0.717, 1.165) is 18.7 Å². The second-order valence-corrected chi connectivity index (χ2v) is 7.76. The number of hydrogen-bond acceptors (Lipinski definition) is 8. The lowest BCUT2D eigenvalue weighted by Crippen LogP contribution is -2.54. The minimum absolute atomic E-state index is 0.0359. The summed E-state index contributed by atoms with van der Waals surface area (Å²) >= 11 is 1.54. The smallest absolute Gasteiger partial charge is 0.413 e. The van der Waals surface area contributed by atoms with Crippen LogP contribution in [0.1, 0.15) is 19.8 Å². The van der Waals surface area contributed by atoms with Crippen LogP contribution in [0.3, 0.4) is 0 Å². The zero-order valence-corrected chi connectivity index (χ0v) is 15.0. The second kappa shape index (κ2) is 8.35. The fourth-order valence-electron chi connectivity index (χ4n) is 3.51. The Hall–Kier alpha value is -1.36. The van der Waals surface area contributed by atoms with Gasteiger partial charge in [0.1, 0.15) is 0 Å². The lowest BCUT2D eigenvalue weighted by molar-refractivity contribution is -0.127. The summed E-state index contributed by atoms with van der Waals surface area (Å²) in [5.74, 6) is 0.192. The standard InChI is InChI=1S/C15H25N5O4S/c1-2-24-15(23)19-13(22)10-3-4-25-14(10)18-12(21)9-5-8-7-17-20-11(8)16-6-9/h8-11,14,16-17,20H,2-7H2,1H3,(H,18,21)(H,19,22,23). The molecule has 0 aliphatic carbocycles. The van der Waals surface area contributed by atoms with Crippen LogP contribution in [0.2, 0.25) is 0 Å². The number of hydrazine groups is 1. The van der Waals surface area contributed by atoms with Crippen LogP contribution in [-0.2, 0) is 14.3 Å². The maximum absolute atomic E-state index is 12.6. The Morgan fingerprint density at radius 3 is 2.88 bits per heavy atom. The van der Waals surface area contributed by atoms with Gasteiger partial charge in [0.25, 0.3) is 0 Å². The lowest BCUT2D eigenvalue weighted by atomic mass is 9.88. The summed E-state index contributed by atoms with van der Waals surface area (Å²) in [6.45, 7) is 3.33. The van der Waals surface area contributed by atoms with Crippen molar-refractivity contribution >= 4 is 29.7 Å². The number of nitrogens with one attached hydrogen (secondary N) is 5. The number of thioether (sulfide) groups is 1. The molecule has 3 amide bonds. The van der Waals surface area contributed by atoms with E-state index in [0.29, 0.717) is 18.9 Å². The van der Waals surface area contributed by atoms with Crippen molar-refractivity contribution in [2.45, 2.75) is 31.3 Å². The Morgan fingerprint density at radius 2 is 2.08 bits per heavy atom. The van der Waals surface area contributed by atoms with Gasteiger partial charge in [-0.2, -0.15) is 0 Å². The Morgan fingerprint density at radius 1 is 1.24 bits per heavy atom. The number of carbonyl (C=O) groups is 3. The first kappa shape index (κ1) is 18.4. The molecule has 10 heteroatoms. The SMILES string of the molecule is CCOC(=O)NC(=O)C1CCSC1NC(=O)C1CNC2NNCC2C1. The van der Waals surface area contributed by atoms with E-state index in [1.807, 2.05) is 0 Å². The molecule has 140 valence electrons. The monoisotopic (exact) mass is 371 g/mol. The number of alkyl carbamates (subject to hydrolysis) is 1. The number of imide groups is 1. The zero-order chi connectivity index (χ0) is 17.8. The van der Waals surface area contributed by atoms with Crippen LogP contribution in [0.15, 0.2) is 0 Å². The number of carbonyl (C=O) groups excluding carboxylic acids is 3. The normalized spacial score (nSPS) is 34.2. The maximum atomic E-state index is 12.6. The van der Waals surface area contributed by atoms with Gasteiger partial charge in [0, 0.05) is 19.0 Å². The van der Waals surface area contributed by atoms with Crippen LogP contribution >= 0.6 is 11.8 Å². The van der Waals surface area contributed by atoms with E-state index in [4.69, 9.17) is 4.74 Å². The molecule has 0 bridgehead atoms. The van der Waals surface area contributed by atoms with Gasteiger partial charge in [-0.3, -0.25) is 25.6 Å². The zero-order valence-electron chi connectivity index (χ0n) is 14.2. The molecule has 0 spiro atoms. The third kappa shape index (κ3) is 4.43. The van der Waals surface area contributed by atoms with Crippen LogP contribution in [0.5, 0.6) is 0 Å². The molecule has 3 saturated heterocycles. The molecule has 3 aliphatic rings. The molecule has 3 fully saturated rings. The van der Waals surface area contributed by atoms with Crippen molar-refractivity contribution in [3.05, 3.63) is 0 Å². The lowest BCUT2D eigenvalue weighted by Gasteiger charge is -2.32. The van der Waals surface area contributed by atoms with Gasteiger partial charge in [0.05, 0.1) is 30.0 Å². The van der Waals surface area contributed by atoms with E-state index in [2.05, 4.69) is 26.8 Å². The third-order valence-corrected chi connectivity index (χ3v) is 6.13. The first-order valence-electron chi connectivity index (χ1n) is 8.70. The van der Waals surface area contributed by atoms with Crippen molar-refractivity contribution in [3.8, 4) is 0 Å². The quantitative estimate of drug-likeness (QED) is 0.432. The largest absolute Gasteiger partial charge is 0.450 e. The highest BCUT2D eigenvalue weighted by atomic mass is 32.2. The molecule has 0 aromatic heterocycles. The van der Waals surface area contributed by atoms with Gasteiger partial charge in [-0.1, -0.05) is 0 Å². The number of hydrogen-bond donors (Lipinski definition) is 5. The Balaban J connectivity index is 1.51. The highest BCUT2D eigenvalue weighted by Crippen LogP contribution is 2.31. The van der Waals surface area contributed by atoms with Crippen LogP contribution < -0.4 is 26.8 Å². The molecule has 3 aliphatic heterocycles. The number of ether oxygens (including phenoxy) is 1. The highest BCUT2D eigenvalue weighted by molar-refractivity contribution is 8.00. The van der Waals surface area contributed by atoms with Gasteiger partial charge in [-0.05, 0) is 25.5 Å². The summed E-state index contributed by atoms with van der Waals surface area (Å²) < 4.78 is 4.74. The van der Waals surface area contributed by atoms with Crippen LogP contribution in [0.25, 0.3) is 0 Å². The molecule has 0 radical (unpaired) electrons. The molecule has 0 saturated carbocycles. The molecule has 0 aromatic rings.